The third kappa shape index (κ3) is 3.37. The molecule has 7 nitrogen and oxygen atoms in total. The summed E-state index contributed by atoms with van der Waals surface area (Å²) >= 11 is 0. The summed E-state index contributed by atoms with van der Waals surface area (Å²) in [6.45, 7) is 2.32. The number of H-pyrrole nitrogens is 1. The molecule has 2 aromatic carbocycles. The van der Waals surface area contributed by atoms with Crippen LogP contribution < -0.4 is 15.6 Å². The van der Waals surface area contributed by atoms with Crippen molar-refractivity contribution in [3.8, 4) is 22.8 Å². The van der Waals surface area contributed by atoms with Crippen molar-refractivity contribution in [2.24, 2.45) is 0 Å². The van der Waals surface area contributed by atoms with Gasteiger partial charge in [-0.1, -0.05) is 18.2 Å². The predicted molar refractivity (Wildman–Crippen MR) is 106 cm³/mol. The second kappa shape index (κ2) is 7.40. The summed E-state index contributed by atoms with van der Waals surface area (Å²) in [6.07, 6.45) is 1.39. The molecule has 2 heterocycles. The van der Waals surface area contributed by atoms with Crippen molar-refractivity contribution in [2.45, 2.75) is 6.92 Å². The van der Waals surface area contributed by atoms with E-state index in [4.69, 9.17) is 4.74 Å². The number of carbonyl (C=O) groups is 1. The van der Waals surface area contributed by atoms with Gasteiger partial charge in [0.05, 0.1) is 11.9 Å². The highest BCUT2D eigenvalue weighted by atomic mass is 16.5. The van der Waals surface area contributed by atoms with Gasteiger partial charge in [-0.05, 0) is 48.9 Å². The maximum absolute atomic E-state index is 12.4. The molecule has 0 saturated heterocycles. The molecule has 0 unspecified atom stereocenters. The van der Waals surface area contributed by atoms with E-state index < -0.39 is 0 Å². The topological polar surface area (TPSA) is 88.5 Å². The summed E-state index contributed by atoms with van der Waals surface area (Å²) in [6, 6.07) is 18.3. The number of rotatable bonds is 5. The SMILES string of the molecule is CCNC(=O)c1cnn2c(=O)cc(-c3ccc(Oc4ccccc4)cc3)[nH]c12. The number of hydrogen-bond donors (Lipinski definition) is 2. The molecule has 0 fully saturated rings. The number of aromatic amines is 1. The van der Waals surface area contributed by atoms with Crippen LogP contribution in [-0.4, -0.2) is 27.0 Å². The molecule has 4 aromatic rings. The number of nitrogens with zero attached hydrogens (tertiary/aromatic N) is 2. The van der Waals surface area contributed by atoms with Gasteiger partial charge in [-0.25, -0.2) is 0 Å². The van der Waals surface area contributed by atoms with E-state index in [0.717, 1.165) is 11.3 Å². The van der Waals surface area contributed by atoms with Crippen molar-refractivity contribution < 1.29 is 9.53 Å². The van der Waals surface area contributed by atoms with Gasteiger partial charge >= 0.3 is 0 Å². The summed E-state index contributed by atoms with van der Waals surface area (Å²) < 4.78 is 6.97. The molecule has 0 atom stereocenters. The quantitative estimate of drug-likeness (QED) is 0.561. The molecule has 2 aromatic heterocycles. The number of nitrogens with one attached hydrogen (secondary N) is 2. The minimum atomic E-state index is -0.316. The Labute approximate surface area is 160 Å². The van der Waals surface area contributed by atoms with E-state index in [-0.39, 0.29) is 11.5 Å². The van der Waals surface area contributed by atoms with Gasteiger partial charge in [0.2, 0.25) is 0 Å². The van der Waals surface area contributed by atoms with Crippen LogP contribution >= 0.6 is 0 Å². The Hall–Kier alpha value is -3.87. The Morgan fingerprint density at radius 1 is 1.11 bits per heavy atom. The average molecular weight is 374 g/mol. The lowest BCUT2D eigenvalue weighted by Crippen LogP contribution is -2.23. The average Bonchev–Trinajstić information content (AvgIpc) is 3.14. The number of aromatic nitrogens is 3. The van der Waals surface area contributed by atoms with E-state index in [2.05, 4.69) is 15.4 Å². The molecule has 140 valence electrons. The highest BCUT2D eigenvalue weighted by Gasteiger charge is 2.15. The van der Waals surface area contributed by atoms with Gasteiger partial charge in [0.15, 0.2) is 5.65 Å². The Bertz CT molecular complexity index is 1180. The van der Waals surface area contributed by atoms with E-state index in [0.29, 0.717) is 29.2 Å². The smallest absolute Gasteiger partial charge is 0.274 e. The zero-order valence-electron chi connectivity index (χ0n) is 15.2. The van der Waals surface area contributed by atoms with Crippen LogP contribution in [0.2, 0.25) is 0 Å². The Morgan fingerprint density at radius 2 is 1.82 bits per heavy atom. The van der Waals surface area contributed by atoms with Gasteiger partial charge in [-0.15, -0.1) is 0 Å². The van der Waals surface area contributed by atoms with Crippen LogP contribution in [0, 0.1) is 0 Å². The van der Waals surface area contributed by atoms with Crippen LogP contribution in [0.4, 0.5) is 0 Å². The van der Waals surface area contributed by atoms with Crippen LogP contribution in [0.1, 0.15) is 17.3 Å². The van der Waals surface area contributed by atoms with Crippen LogP contribution in [-0.2, 0) is 0 Å². The van der Waals surface area contributed by atoms with Gasteiger partial charge < -0.3 is 15.0 Å². The van der Waals surface area contributed by atoms with Gasteiger partial charge in [-0.2, -0.15) is 9.61 Å². The molecule has 28 heavy (non-hydrogen) atoms. The lowest BCUT2D eigenvalue weighted by molar-refractivity contribution is 0.0957. The number of carbonyl (C=O) groups excluding carboxylic acids is 1. The van der Waals surface area contributed by atoms with E-state index in [1.165, 1.54) is 16.8 Å². The number of para-hydroxylation sites is 1. The van der Waals surface area contributed by atoms with Crippen molar-refractivity contribution >= 4 is 11.6 Å². The molecule has 0 aliphatic carbocycles. The van der Waals surface area contributed by atoms with E-state index in [1.807, 2.05) is 61.5 Å². The fourth-order valence-electron chi connectivity index (χ4n) is 2.89. The molecule has 2 N–H and O–H groups in total. The molecule has 0 spiro atoms. The number of benzene rings is 2. The van der Waals surface area contributed by atoms with Crippen LogP contribution in [0.5, 0.6) is 11.5 Å². The fourth-order valence-corrected chi connectivity index (χ4v) is 2.89. The summed E-state index contributed by atoms with van der Waals surface area (Å²) in [5.74, 6) is 1.15. The van der Waals surface area contributed by atoms with E-state index >= 15 is 0 Å². The molecule has 0 aliphatic rings. The second-order valence-electron chi connectivity index (χ2n) is 6.14. The second-order valence-corrected chi connectivity index (χ2v) is 6.14. The van der Waals surface area contributed by atoms with Crippen molar-refractivity contribution in [2.75, 3.05) is 6.54 Å². The summed E-state index contributed by atoms with van der Waals surface area (Å²) in [7, 11) is 0. The highest BCUT2D eigenvalue weighted by Crippen LogP contribution is 2.24. The van der Waals surface area contributed by atoms with Crippen molar-refractivity contribution in [1.29, 1.82) is 0 Å². The van der Waals surface area contributed by atoms with Crippen molar-refractivity contribution in [3.05, 3.63) is 82.8 Å². The molecule has 0 saturated carbocycles. The molecule has 0 radical (unpaired) electrons. The van der Waals surface area contributed by atoms with Crippen molar-refractivity contribution in [3.63, 3.8) is 0 Å². The third-order valence-corrected chi connectivity index (χ3v) is 4.23. The van der Waals surface area contributed by atoms with Crippen LogP contribution in [0.15, 0.2) is 71.7 Å². The minimum Gasteiger partial charge on any atom is -0.457 e. The first-order valence-electron chi connectivity index (χ1n) is 8.88. The molecular weight excluding hydrogens is 356 g/mol. The Morgan fingerprint density at radius 3 is 2.54 bits per heavy atom. The molecule has 1 amide bonds. The predicted octanol–water partition coefficient (Wildman–Crippen LogP) is 3.23. The Kier molecular flexibility index (Phi) is 4.63. The minimum absolute atomic E-state index is 0.281. The molecule has 0 aliphatic heterocycles. The van der Waals surface area contributed by atoms with Gasteiger partial charge in [-0.3, -0.25) is 9.59 Å². The maximum atomic E-state index is 12.4. The monoisotopic (exact) mass is 374 g/mol. The molecule has 7 heteroatoms. The lowest BCUT2D eigenvalue weighted by atomic mass is 10.1. The lowest BCUT2D eigenvalue weighted by Gasteiger charge is -2.08. The molecule has 0 bridgehead atoms. The number of amides is 1. The third-order valence-electron chi connectivity index (χ3n) is 4.23. The Balaban J connectivity index is 1.68. The zero-order chi connectivity index (χ0) is 19.5. The summed E-state index contributed by atoms with van der Waals surface area (Å²) in [5.41, 5.74) is 1.75. The normalized spacial score (nSPS) is 10.8. The molecule has 4 rings (SSSR count). The largest absolute Gasteiger partial charge is 0.457 e. The van der Waals surface area contributed by atoms with Crippen LogP contribution in [0.25, 0.3) is 16.9 Å². The number of hydrogen-bond acceptors (Lipinski definition) is 4. The number of ether oxygens (including phenoxy) is 1. The van der Waals surface area contributed by atoms with Gasteiger partial charge in [0.25, 0.3) is 11.5 Å². The highest BCUT2D eigenvalue weighted by molar-refractivity contribution is 5.99. The zero-order valence-corrected chi connectivity index (χ0v) is 15.2. The fraction of sp³-hybridized carbons (Fsp3) is 0.0952. The standard InChI is InChI=1S/C21H18N4O3/c1-2-22-21(27)17-13-23-25-19(26)12-18(24-20(17)25)14-8-10-16(11-9-14)28-15-6-4-3-5-7-15/h3-13,24H,2H2,1H3,(H,22,27). The summed E-state index contributed by atoms with van der Waals surface area (Å²) in [4.78, 5) is 27.7. The maximum Gasteiger partial charge on any atom is 0.274 e. The van der Waals surface area contributed by atoms with Gasteiger partial charge in [0, 0.05) is 12.6 Å². The first kappa shape index (κ1) is 17.5. The molecular formula is C21H18N4O3. The summed E-state index contributed by atoms with van der Waals surface area (Å²) in [5, 5.41) is 6.73. The number of fused-ring (bicyclic) bond motifs is 1. The van der Waals surface area contributed by atoms with E-state index in [1.54, 1.807) is 0 Å². The first-order valence-corrected chi connectivity index (χ1v) is 8.88. The van der Waals surface area contributed by atoms with Crippen LogP contribution in [0.3, 0.4) is 0 Å². The first-order chi connectivity index (χ1) is 13.7. The van der Waals surface area contributed by atoms with E-state index in [9.17, 15) is 9.59 Å². The van der Waals surface area contributed by atoms with Crippen molar-refractivity contribution in [1.82, 2.24) is 19.9 Å². The van der Waals surface area contributed by atoms with Gasteiger partial charge in [0.1, 0.15) is 17.1 Å².